The molecule has 0 radical (unpaired) electrons. The molecule has 2 fully saturated rings. The van der Waals surface area contributed by atoms with Gasteiger partial charge in [0.1, 0.15) is 5.82 Å². The van der Waals surface area contributed by atoms with Crippen LogP contribution in [0, 0.1) is 11.7 Å². The minimum Gasteiger partial charge on any atom is -0.355 e. The third-order valence-corrected chi connectivity index (χ3v) is 5.87. The predicted molar refractivity (Wildman–Crippen MR) is 108 cm³/mol. The fourth-order valence-corrected chi connectivity index (χ4v) is 4.09. The molecule has 0 aromatic heterocycles. The molecular weight excluding hydrogens is 353 g/mol. The molecule has 1 aliphatic carbocycles. The maximum atomic E-state index is 13.8. The number of nitrogens with zero attached hydrogens (tertiary/aromatic N) is 2. The first kappa shape index (κ1) is 19.1. The van der Waals surface area contributed by atoms with Gasteiger partial charge in [-0.05, 0) is 29.5 Å². The van der Waals surface area contributed by atoms with Crippen molar-refractivity contribution >= 4 is 5.91 Å². The summed E-state index contributed by atoms with van der Waals surface area (Å²) in [6, 6.07) is 17.4. The van der Waals surface area contributed by atoms with Crippen molar-refractivity contribution in [2.45, 2.75) is 18.9 Å². The number of carbonyl (C=O) groups is 1. The monoisotopic (exact) mass is 381 g/mol. The summed E-state index contributed by atoms with van der Waals surface area (Å²) in [4.78, 5) is 17.2. The van der Waals surface area contributed by atoms with Crippen LogP contribution in [-0.4, -0.2) is 55.0 Å². The molecule has 2 atom stereocenters. The van der Waals surface area contributed by atoms with Gasteiger partial charge in [0.25, 0.3) is 0 Å². The zero-order valence-electron chi connectivity index (χ0n) is 16.2. The lowest BCUT2D eigenvalue weighted by Gasteiger charge is -2.34. The lowest BCUT2D eigenvalue weighted by Crippen LogP contribution is -2.48. The topological polar surface area (TPSA) is 35.6 Å². The standard InChI is InChI=1S/C23H28FN3O/c24-22-9-5-4-8-19(22)20-16-21(20)23(28)25-10-11-26-12-14-27(15-13-26)17-18-6-2-1-3-7-18/h1-9,20-21H,10-17H2,(H,25,28). The molecule has 1 N–H and O–H groups in total. The summed E-state index contributed by atoms with van der Waals surface area (Å²) in [5.74, 6) is -0.158. The van der Waals surface area contributed by atoms with Crippen molar-refractivity contribution < 1.29 is 9.18 Å². The van der Waals surface area contributed by atoms with Gasteiger partial charge >= 0.3 is 0 Å². The van der Waals surface area contributed by atoms with E-state index in [1.165, 1.54) is 11.6 Å². The normalized spacial score (nSPS) is 22.8. The number of rotatable bonds is 7. The maximum Gasteiger partial charge on any atom is 0.223 e. The van der Waals surface area contributed by atoms with E-state index in [1.54, 1.807) is 12.1 Å². The number of hydrogen-bond acceptors (Lipinski definition) is 3. The summed E-state index contributed by atoms with van der Waals surface area (Å²) in [7, 11) is 0. The molecule has 4 nitrogen and oxygen atoms in total. The van der Waals surface area contributed by atoms with Crippen LogP contribution in [0.25, 0.3) is 0 Å². The number of nitrogens with one attached hydrogen (secondary N) is 1. The van der Waals surface area contributed by atoms with Gasteiger partial charge in [0, 0.05) is 51.7 Å². The molecule has 1 saturated carbocycles. The van der Waals surface area contributed by atoms with Crippen molar-refractivity contribution in [2.75, 3.05) is 39.3 Å². The highest BCUT2D eigenvalue weighted by Gasteiger charge is 2.44. The Hall–Kier alpha value is -2.24. The molecule has 5 heteroatoms. The highest BCUT2D eigenvalue weighted by Crippen LogP contribution is 2.48. The van der Waals surface area contributed by atoms with Crippen LogP contribution in [0.3, 0.4) is 0 Å². The van der Waals surface area contributed by atoms with E-state index in [9.17, 15) is 9.18 Å². The number of halogens is 1. The average Bonchev–Trinajstić information content (AvgIpc) is 3.51. The van der Waals surface area contributed by atoms with Gasteiger partial charge in [0.15, 0.2) is 0 Å². The molecule has 1 amide bonds. The Morgan fingerprint density at radius 1 is 0.964 bits per heavy atom. The van der Waals surface area contributed by atoms with Crippen LogP contribution in [0.5, 0.6) is 0 Å². The van der Waals surface area contributed by atoms with E-state index in [4.69, 9.17) is 0 Å². The molecule has 2 aromatic rings. The summed E-state index contributed by atoms with van der Waals surface area (Å²) in [6.07, 6.45) is 0.755. The molecular formula is C23H28FN3O. The van der Waals surface area contributed by atoms with E-state index in [0.717, 1.165) is 45.7 Å². The molecule has 0 bridgehead atoms. The number of hydrogen-bond donors (Lipinski definition) is 1. The van der Waals surface area contributed by atoms with Crippen molar-refractivity contribution in [1.29, 1.82) is 0 Å². The van der Waals surface area contributed by atoms with Crippen LogP contribution in [0.1, 0.15) is 23.5 Å². The first-order valence-corrected chi connectivity index (χ1v) is 10.2. The zero-order valence-corrected chi connectivity index (χ0v) is 16.2. The first-order chi connectivity index (χ1) is 13.7. The second-order valence-electron chi connectivity index (χ2n) is 7.86. The zero-order chi connectivity index (χ0) is 19.3. The van der Waals surface area contributed by atoms with E-state index < -0.39 is 0 Å². The van der Waals surface area contributed by atoms with Crippen molar-refractivity contribution in [1.82, 2.24) is 15.1 Å². The molecule has 1 saturated heterocycles. The van der Waals surface area contributed by atoms with Gasteiger partial charge in [0.2, 0.25) is 5.91 Å². The number of carbonyl (C=O) groups excluding carboxylic acids is 1. The second-order valence-corrected chi connectivity index (χ2v) is 7.86. The Morgan fingerprint density at radius 2 is 1.64 bits per heavy atom. The molecule has 1 aliphatic heterocycles. The van der Waals surface area contributed by atoms with Crippen molar-refractivity contribution in [3.05, 3.63) is 71.5 Å². The molecule has 2 aliphatic rings. The minimum absolute atomic E-state index is 0.0442. The Labute approximate surface area is 166 Å². The van der Waals surface area contributed by atoms with Crippen molar-refractivity contribution in [2.24, 2.45) is 5.92 Å². The molecule has 2 aromatic carbocycles. The largest absolute Gasteiger partial charge is 0.355 e. The second kappa shape index (κ2) is 8.84. The van der Waals surface area contributed by atoms with Crippen LogP contribution < -0.4 is 5.32 Å². The van der Waals surface area contributed by atoms with Crippen molar-refractivity contribution in [3.8, 4) is 0 Å². The average molecular weight is 381 g/mol. The lowest BCUT2D eigenvalue weighted by atomic mass is 10.1. The quantitative estimate of drug-likeness (QED) is 0.801. The molecule has 148 valence electrons. The fourth-order valence-electron chi connectivity index (χ4n) is 4.09. The van der Waals surface area contributed by atoms with Gasteiger partial charge in [-0.1, -0.05) is 48.5 Å². The number of amides is 1. The smallest absolute Gasteiger partial charge is 0.223 e. The van der Waals surface area contributed by atoms with E-state index >= 15 is 0 Å². The number of benzene rings is 2. The van der Waals surface area contributed by atoms with E-state index in [1.807, 2.05) is 6.07 Å². The minimum atomic E-state index is -0.198. The van der Waals surface area contributed by atoms with E-state index in [0.29, 0.717) is 12.1 Å². The third-order valence-electron chi connectivity index (χ3n) is 5.87. The summed E-state index contributed by atoms with van der Waals surface area (Å²) in [6.45, 7) is 6.72. The summed E-state index contributed by atoms with van der Waals surface area (Å²) >= 11 is 0. The SMILES string of the molecule is O=C(NCCN1CCN(Cc2ccccc2)CC1)C1CC1c1ccccc1F. The molecule has 0 spiro atoms. The maximum absolute atomic E-state index is 13.8. The molecule has 28 heavy (non-hydrogen) atoms. The van der Waals surface area contributed by atoms with Gasteiger partial charge in [-0.25, -0.2) is 4.39 Å². The van der Waals surface area contributed by atoms with Gasteiger partial charge in [-0.15, -0.1) is 0 Å². The molecule has 2 unspecified atom stereocenters. The molecule has 1 heterocycles. The van der Waals surface area contributed by atoms with Gasteiger partial charge in [-0.2, -0.15) is 0 Å². The predicted octanol–water partition coefficient (Wildman–Crippen LogP) is 2.86. The summed E-state index contributed by atoms with van der Waals surface area (Å²) in [5.41, 5.74) is 2.04. The van der Waals surface area contributed by atoms with E-state index in [-0.39, 0.29) is 23.6 Å². The van der Waals surface area contributed by atoms with Crippen molar-refractivity contribution in [3.63, 3.8) is 0 Å². The highest BCUT2D eigenvalue weighted by molar-refractivity contribution is 5.82. The van der Waals surface area contributed by atoms with Crippen LogP contribution >= 0.6 is 0 Å². The van der Waals surface area contributed by atoms with Gasteiger partial charge in [-0.3, -0.25) is 14.6 Å². The summed E-state index contributed by atoms with van der Waals surface area (Å²) < 4.78 is 13.8. The van der Waals surface area contributed by atoms with E-state index in [2.05, 4.69) is 45.4 Å². The first-order valence-electron chi connectivity index (χ1n) is 10.2. The van der Waals surface area contributed by atoms with Gasteiger partial charge in [0.05, 0.1) is 0 Å². The fraction of sp³-hybridized carbons (Fsp3) is 0.435. The van der Waals surface area contributed by atoms with Crippen LogP contribution in [-0.2, 0) is 11.3 Å². The Kier molecular flexibility index (Phi) is 6.03. The Morgan fingerprint density at radius 3 is 2.39 bits per heavy atom. The Bertz CT molecular complexity index is 789. The van der Waals surface area contributed by atoms with Crippen LogP contribution in [0.4, 0.5) is 4.39 Å². The van der Waals surface area contributed by atoms with Crippen LogP contribution in [0.2, 0.25) is 0 Å². The van der Waals surface area contributed by atoms with Crippen LogP contribution in [0.15, 0.2) is 54.6 Å². The molecule has 4 rings (SSSR count). The van der Waals surface area contributed by atoms with Gasteiger partial charge < -0.3 is 5.32 Å². The third kappa shape index (κ3) is 4.78. The summed E-state index contributed by atoms with van der Waals surface area (Å²) in [5, 5.41) is 3.05. The Balaban J connectivity index is 1.14. The number of piperazine rings is 1. The highest BCUT2D eigenvalue weighted by atomic mass is 19.1. The lowest BCUT2D eigenvalue weighted by molar-refractivity contribution is -0.122.